The van der Waals surface area contributed by atoms with Crippen LogP contribution in [0.1, 0.15) is 13.8 Å². The van der Waals surface area contributed by atoms with Crippen molar-refractivity contribution in [3.05, 3.63) is 73.7 Å². The summed E-state index contributed by atoms with van der Waals surface area (Å²) in [6.45, 7) is 7.87. The van der Waals surface area contributed by atoms with Crippen LogP contribution < -0.4 is 15.6 Å². The van der Waals surface area contributed by atoms with Crippen molar-refractivity contribution in [2.24, 2.45) is 7.05 Å². The minimum Gasteiger partial charge on any atom is -0.492 e. The number of hydrogen-bond acceptors (Lipinski definition) is 6. The highest BCUT2D eigenvalue weighted by atomic mass is 127. The van der Waals surface area contributed by atoms with Crippen molar-refractivity contribution >= 4 is 56.9 Å². The number of halogens is 2. The lowest BCUT2D eigenvalue weighted by molar-refractivity contribution is 0.223. The van der Waals surface area contributed by atoms with Crippen LogP contribution in [0.15, 0.2) is 59.5 Å². The number of pyridine rings is 1. The van der Waals surface area contributed by atoms with Crippen LogP contribution in [0.25, 0.3) is 22.2 Å². The molecule has 0 unspecified atom stereocenters. The third-order valence-electron chi connectivity index (χ3n) is 5.86. The van der Waals surface area contributed by atoms with E-state index in [4.69, 9.17) is 16.3 Å². The molecule has 0 aliphatic heterocycles. The van der Waals surface area contributed by atoms with Crippen LogP contribution in [-0.2, 0) is 7.05 Å². The Kier molecular flexibility index (Phi) is 8.25. The van der Waals surface area contributed by atoms with E-state index in [2.05, 4.69) is 56.6 Å². The Balaban J connectivity index is 1.53. The van der Waals surface area contributed by atoms with Gasteiger partial charge < -0.3 is 15.0 Å². The SMILES string of the molecule is CCN(CC)CCOc1ccc(Nc2ncc3cc(-c4c(Cl)cccc4I)c(=O)n(C)c3n2)cc1. The summed E-state index contributed by atoms with van der Waals surface area (Å²) in [7, 11) is 1.71. The van der Waals surface area contributed by atoms with Crippen molar-refractivity contribution in [1.29, 1.82) is 0 Å². The van der Waals surface area contributed by atoms with E-state index in [-0.39, 0.29) is 5.56 Å². The van der Waals surface area contributed by atoms with Crippen molar-refractivity contribution in [2.45, 2.75) is 13.8 Å². The Hall–Kier alpha value is -2.69. The van der Waals surface area contributed by atoms with E-state index < -0.39 is 0 Å². The summed E-state index contributed by atoms with van der Waals surface area (Å²) in [5.41, 5.74) is 2.44. The lowest BCUT2D eigenvalue weighted by Gasteiger charge is -2.18. The molecule has 0 saturated heterocycles. The van der Waals surface area contributed by atoms with Crippen molar-refractivity contribution in [1.82, 2.24) is 19.4 Å². The van der Waals surface area contributed by atoms with Gasteiger partial charge in [-0.05, 0) is 78.1 Å². The molecule has 0 bridgehead atoms. The van der Waals surface area contributed by atoms with E-state index in [9.17, 15) is 4.79 Å². The number of nitrogens with zero attached hydrogens (tertiary/aromatic N) is 4. The maximum absolute atomic E-state index is 13.2. The first-order chi connectivity index (χ1) is 16.9. The van der Waals surface area contributed by atoms with Crippen LogP contribution in [-0.4, -0.2) is 45.7 Å². The summed E-state index contributed by atoms with van der Waals surface area (Å²) in [5.74, 6) is 1.22. The summed E-state index contributed by atoms with van der Waals surface area (Å²) in [6.07, 6.45) is 1.71. The first kappa shape index (κ1) is 25.4. The molecule has 0 aliphatic rings. The number of nitrogens with one attached hydrogen (secondary N) is 1. The van der Waals surface area contributed by atoms with Gasteiger partial charge in [-0.25, -0.2) is 4.98 Å². The summed E-state index contributed by atoms with van der Waals surface area (Å²) in [6, 6.07) is 15.0. The Bertz CT molecular complexity index is 1370. The third kappa shape index (κ3) is 5.76. The second-order valence-electron chi connectivity index (χ2n) is 8.02. The summed E-state index contributed by atoms with van der Waals surface area (Å²) in [5, 5.41) is 4.49. The first-order valence-corrected chi connectivity index (χ1v) is 12.9. The number of likely N-dealkylation sites (N-methyl/N-ethyl adjacent to an activating group) is 1. The maximum Gasteiger partial charge on any atom is 0.259 e. The first-order valence-electron chi connectivity index (χ1n) is 11.4. The number of anilines is 2. The quantitative estimate of drug-likeness (QED) is 0.247. The van der Waals surface area contributed by atoms with Crippen LogP contribution in [0, 0.1) is 3.57 Å². The number of ether oxygens (including phenoxy) is 1. The highest BCUT2D eigenvalue weighted by molar-refractivity contribution is 14.1. The number of hydrogen-bond donors (Lipinski definition) is 1. The maximum atomic E-state index is 13.2. The molecule has 0 saturated carbocycles. The molecule has 0 fully saturated rings. The van der Waals surface area contributed by atoms with Gasteiger partial charge in [0.25, 0.3) is 5.56 Å². The lowest BCUT2D eigenvalue weighted by atomic mass is 10.1. The van der Waals surface area contributed by atoms with Crippen molar-refractivity contribution in [3.8, 4) is 16.9 Å². The van der Waals surface area contributed by atoms with Gasteiger partial charge in [-0.3, -0.25) is 9.36 Å². The van der Waals surface area contributed by atoms with Gasteiger partial charge in [-0.15, -0.1) is 0 Å². The monoisotopic (exact) mass is 603 g/mol. The zero-order chi connectivity index (χ0) is 24.9. The summed E-state index contributed by atoms with van der Waals surface area (Å²) in [4.78, 5) is 24.5. The fourth-order valence-corrected chi connectivity index (χ4v) is 5.06. The molecule has 2 aromatic carbocycles. The molecule has 1 N–H and O–H groups in total. The van der Waals surface area contributed by atoms with E-state index in [0.29, 0.717) is 28.8 Å². The highest BCUT2D eigenvalue weighted by Gasteiger charge is 2.16. The molecule has 35 heavy (non-hydrogen) atoms. The Morgan fingerprint density at radius 3 is 2.57 bits per heavy atom. The van der Waals surface area contributed by atoms with Gasteiger partial charge in [0.2, 0.25) is 5.95 Å². The zero-order valence-electron chi connectivity index (χ0n) is 19.9. The van der Waals surface area contributed by atoms with Gasteiger partial charge in [-0.1, -0.05) is 31.5 Å². The predicted octanol–water partition coefficient (Wildman–Crippen LogP) is 5.72. The number of aryl methyl sites for hydroxylation is 1. The summed E-state index contributed by atoms with van der Waals surface area (Å²) < 4.78 is 8.29. The van der Waals surface area contributed by atoms with Gasteiger partial charge in [0.15, 0.2) is 0 Å². The van der Waals surface area contributed by atoms with E-state index in [1.807, 2.05) is 36.4 Å². The van der Waals surface area contributed by atoms with Crippen molar-refractivity contribution < 1.29 is 4.74 Å². The van der Waals surface area contributed by atoms with Crippen LogP contribution >= 0.6 is 34.2 Å². The second-order valence-corrected chi connectivity index (χ2v) is 9.59. The molecule has 0 spiro atoms. The fraction of sp³-hybridized carbons (Fsp3) is 0.269. The second kappa shape index (κ2) is 11.4. The molecular weight excluding hydrogens is 577 g/mol. The average molecular weight is 604 g/mol. The standard InChI is InChI=1S/C26H27ClIN5O2/c1-4-33(5-2)13-14-35-19-11-9-18(10-12-19)30-26-29-16-17-15-20(25(34)32(3)24(17)31-26)23-21(27)7-6-8-22(23)28/h6-12,15-16H,4-5,13-14H2,1-3H3,(H,29,30,31). The van der Waals surface area contributed by atoms with Gasteiger partial charge in [0, 0.05) is 45.0 Å². The number of fused-ring (bicyclic) bond motifs is 1. The number of rotatable bonds is 9. The van der Waals surface area contributed by atoms with Crippen molar-refractivity contribution in [2.75, 3.05) is 31.6 Å². The normalized spacial score (nSPS) is 11.3. The molecule has 0 atom stereocenters. The van der Waals surface area contributed by atoms with Gasteiger partial charge in [0.05, 0.1) is 5.56 Å². The Morgan fingerprint density at radius 2 is 1.89 bits per heavy atom. The van der Waals surface area contributed by atoms with Crippen molar-refractivity contribution in [3.63, 3.8) is 0 Å². The summed E-state index contributed by atoms with van der Waals surface area (Å²) >= 11 is 8.61. The lowest BCUT2D eigenvalue weighted by Crippen LogP contribution is -2.27. The average Bonchev–Trinajstić information content (AvgIpc) is 2.86. The van der Waals surface area contributed by atoms with Crippen LogP contribution in [0.5, 0.6) is 5.75 Å². The number of benzene rings is 2. The van der Waals surface area contributed by atoms with E-state index in [1.54, 1.807) is 25.4 Å². The molecule has 4 aromatic rings. The Morgan fingerprint density at radius 1 is 1.14 bits per heavy atom. The molecule has 4 rings (SSSR count). The van der Waals surface area contributed by atoms with Crippen LogP contribution in [0.2, 0.25) is 5.02 Å². The van der Waals surface area contributed by atoms with E-state index >= 15 is 0 Å². The number of aromatic nitrogens is 3. The molecule has 7 nitrogen and oxygen atoms in total. The molecule has 182 valence electrons. The highest BCUT2D eigenvalue weighted by Crippen LogP contribution is 2.31. The minimum absolute atomic E-state index is 0.167. The minimum atomic E-state index is -0.167. The van der Waals surface area contributed by atoms with Crippen LogP contribution in [0.3, 0.4) is 0 Å². The molecule has 2 heterocycles. The largest absolute Gasteiger partial charge is 0.492 e. The zero-order valence-corrected chi connectivity index (χ0v) is 22.8. The molecule has 0 aliphatic carbocycles. The third-order valence-corrected chi connectivity index (χ3v) is 7.08. The molecule has 2 aromatic heterocycles. The topological polar surface area (TPSA) is 72.3 Å². The van der Waals surface area contributed by atoms with Crippen LogP contribution in [0.4, 0.5) is 11.6 Å². The van der Waals surface area contributed by atoms with Gasteiger partial charge >= 0.3 is 0 Å². The van der Waals surface area contributed by atoms with Gasteiger partial charge in [0.1, 0.15) is 18.0 Å². The molecule has 9 heteroatoms. The Labute approximate surface area is 223 Å². The van der Waals surface area contributed by atoms with E-state index in [0.717, 1.165) is 45.6 Å². The molecule has 0 amide bonds. The van der Waals surface area contributed by atoms with Gasteiger partial charge in [-0.2, -0.15) is 4.98 Å². The molecular formula is C26H27ClIN5O2. The predicted molar refractivity (Wildman–Crippen MR) is 151 cm³/mol. The fourth-order valence-electron chi connectivity index (χ4n) is 3.84. The smallest absolute Gasteiger partial charge is 0.259 e. The van der Waals surface area contributed by atoms with E-state index in [1.165, 1.54) is 4.57 Å². The molecule has 0 radical (unpaired) electrons.